The van der Waals surface area contributed by atoms with E-state index in [0.717, 1.165) is 5.56 Å². The molecule has 1 aromatic carbocycles. The Kier molecular flexibility index (Phi) is 4.34. The first-order valence-corrected chi connectivity index (χ1v) is 11.5. The summed E-state index contributed by atoms with van der Waals surface area (Å²) in [6.45, 7) is 2.13. The van der Waals surface area contributed by atoms with E-state index in [1.54, 1.807) is 19.2 Å². The number of rotatable bonds is 3. The number of carbonyl (C=O) groups excluding carboxylic acids is 1. The molecule has 0 fully saturated rings. The van der Waals surface area contributed by atoms with Gasteiger partial charge in [0, 0.05) is 0 Å². The third kappa shape index (κ3) is 2.78. The molecule has 1 aliphatic heterocycles. The Morgan fingerprint density at radius 1 is 1.29 bits per heavy atom. The molecule has 0 saturated heterocycles. The second-order valence-corrected chi connectivity index (χ2v) is 14.2. The Morgan fingerprint density at radius 3 is 2.53 bits per heavy atom. The fraction of sp³-hybridized carbons (Fsp3) is 0.308. The molecule has 0 aliphatic carbocycles. The molecule has 17 heavy (non-hydrogen) atoms. The van der Waals surface area contributed by atoms with Crippen LogP contribution in [0.1, 0.15) is 17.3 Å². The van der Waals surface area contributed by atoms with E-state index in [-0.39, 0.29) is 3.86 Å². The predicted octanol–water partition coefficient (Wildman–Crippen LogP) is 3.07. The fourth-order valence-electron chi connectivity index (χ4n) is 2.24. The Hall–Kier alpha value is -0.250. The van der Waals surface area contributed by atoms with Gasteiger partial charge in [-0.15, -0.1) is 0 Å². The first-order valence-electron chi connectivity index (χ1n) is 5.64. The zero-order chi connectivity index (χ0) is 12.4. The van der Waals surface area contributed by atoms with Crippen LogP contribution >= 0.6 is 11.6 Å². The van der Waals surface area contributed by atoms with Crippen molar-refractivity contribution in [3.63, 3.8) is 0 Å². The summed E-state index contributed by atoms with van der Waals surface area (Å²) < 4.78 is 6.26. The molecular weight excluding hydrogens is 338 g/mol. The SMILES string of the molecule is CO[CH]1C=C[CH](C)[In]1[C](=O)c1ccc(Cl)cc1. The van der Waals surface area contributed by atoms with Crippen molar-refractivity contribution >= 4 is 36.6 Å². The van der Waals surface area contributed by atoms with E-state index in [4.69, 9.17) is 16.3 Å². The van der Waals surface area contributed by atoms with Crippen LogP contribution in [0.15, 0.2) is 36.4 Å². The average Bonchev–Trinajstić information content (AvgIpc) is 2.70. The van der Waals surface area contributed by atoms with E-state index in [9.17, 15) is 4.79 Å². The maximum atomic E-state index is 12.5. The molecule has 4 heteroatoms. The summed E-state index contributed by atoms with van der Waals surface area (Å²) in [5, 5.41) is 0.664. The van der Waals surface area contributed by atoms with Gasteiger partial charge in [-0.1, -0.05) is 0 Å². The molecular formula is C13H14ClInO2. The topological polar surface area (TPSA) is 26.3 Å². The Labute approximate surface area is 114 Å². The van der Waals surface area contributed by atoms with Crippen molar-refractivity contribution in [1.29, 1.82) is 0 Å². The first-order chi connectivity index (χ1) is 8.13. The molecule has 2 atom stereocenters. The summed E-state index contributed by atoms with van der Waals surface area (Å²) in [4.78, 5) is 12.5. The van der Waals surface area contributed by atoms with Gasteiger partial charge in [-0.05, 0) is 0 Å². The van der Waals surface area contributed by atoms with E-state index in [2.05, 4.69) is 19.1 Å². The van der Waals surface area contributed by atoms with E-state index < -0.39 is 21.4 Å². The van der Waals surface area contributed by atoms with Gasteiger partial charge >= 0.3 is 115 Å². The molecule has 0 bridgehead atoms. The molecule has 0 amide bonds. The Morgan fingerprint density at radius 2 is 1.94 bits per heavy atom. The van der Waals surface area contributed by atoms with E-state index in [0.29, 0.717) is 12.2 Å². The number of carbonyl (C=O) groups is 1. The average molecular weight is 353 g/mol. The quantitative estimate of drug-likeness (QED) is 0.782. The maximum absolute atomic E-state index is 12.5. The molecule has 0 aromatic heterocycles. The number of ether oxygens (including phenoxy) is 1. The molecule has 1 aromatic rings. The molecule has 2 rings (SSSR count). The van der Waals surface area contributed by atoms with Crippen molar-refractivity contribution in [2.45, 2.75) is 14.5 Å². The molecule has 0 radical (unpaired) electrons. The Bertz CT molecular complexity index is 441. The summed E-state index contributed by atoms with van der Waals surface area (Å²) in [5.41, 5.74) is 0.785. The van der Waals surface area contributed by atoms with Crippen LogP contribution < -0.4 is 0 Å². The van der Waals surface area contributed by atoms with E-state index >= 15 is 0 Å². The molecule has 1 heterocycles. The van der Waals surface area contributed by atoms with Gasteiger partial charge in [0.15, 0.2) is 0 Å². The van der Waals surface area contributed by atoms with Gasteiger partial charge in [-0.25, -0.2) is 0 Å². The van der Waals surface area contributed by atoms with Crippen LogP contribution in [0.5, 0.6) is 0 Å². The molecule has 2 nitrogen and oxygen atoms in total. The third-order valence-electron chi connectivity index (χ3n) is 3.23. The zero-order valence-electron chi connectivity index (χ0n) is 9.89. The van der Waals surface area contributed by atoms with Crippen LogP contribution in [0.4, 0.5) is 0 Å². The van der Waals surface area contributed by atoms with Gasteiger partial charge in [-0.2, -0.15) is 0 Å². The zero-order valence-corrected chi connectivity index (χ0v) is 13.9. The van der Waals surface area contributed by atoms with Gasteiger partial charge in [0.25, 0.3) is 0 Å². The minimum atomic E-state index is -2.42. The van der Waals surface area contributed by atoms with Crippen molar-refractivity contribution in [1.82, 2.24) is 0 Å². The van der Waals surface area contributed by atoms with Crippen LogP contribution in [0.25, 0.3) is 0 Å². The monoisotopic (exact) mass is 352 g/mol. The van der Waals surface area contributed by atoms with E-state index in [1.165, 1.54) is 0 Å². The standard InChI is InChI=1S/C7H4ClO.C6H10O.In/c8-7-3-1-6(5-9)2-4-7;1-3-4-5-6-7-2;/h1-4H;3-6H,1-2H3;. The summed E-state index contributed by atoms with van der Waals surface area (Å²) >= 11 is 3.41. The first kappa shape index (κ1) is 13.2. The number of halogens is 1. The van der Waals surface area contributed by atoms with Crippen LogP contribution in [0, 0.1) is 0 Å². The molecule has 0 spiro atoms. The van der Waals surface area contributed by atoms with Crippen LogP contribution in [-0.2, 0) is 4.74 Å². The van der Waals surface area contributed by atoms with Crippen LogP contribution in [0.3, 0.4) is 0 Å². The normalized spacial score (nSPS) is 23.1. The summed E-state index contributed by atoms with van der Waals surface area (Å²) in [6, 6.07) is 7.18. The van der Waals surface area contributed by atoms with E-state index in [1.807, 2.05) is 12.1 Å². The molecule has 1 aliphatic rings. The van der Waals surface area contributed by atoms with Crippen molar-refractivity contribution in [3.05, 3.63) is 47.0 Å². The summed E-state index contributed by atoms with van der Waals surface area (Å²) in [6.07, 6.45) is 4.18. The van der Waals surface area contributed by atoms with Gasteiger partial charge in [-0.3, -0.25) is 0 Å². The van der Waals surface area contributed by atoms with Gasteiger partial charge in [0.2, 0.25) is 0 Å². The predicted molar refractivity (Wildman–Crippen MR) is 70.9 cm³/mol. The molecule has 0 saturated carbocycles. The van der Waals surface area contributed by atoms with Gasteiger partial charge in [0.05, 0.1) is 0 Å². The second-order valence-electron chi connectivity index (χ2n) is 4.34. The number of benzene rings is 1. The van der Waals surface area contributed by atoms with Crippen molar-refractivity contribution in [3.8, 4) is 0 Å². The number of hydrogen-bond donors (Lipinski definition) is 0. The number of hydrogen-bond acceptors (Lipinski definition) is 2. The Balaban J connectivity index is 2.22. The molecule has 2 unspecified atom stereocenters. The van der Waals surface area contributed by atoms with Crippen LogP contribution in [0.2, 0.25) is 8.70 Å². The van der Waals surface area contributed by atoms with Crippen molar-refractivity contribution in [2.24, 2.45) is 0 Å². The van der Waals surface area contributed by atoms with Crippen LogP contribution in [-0.4, -0.2) is 35.9 Å². The number of methoxy groups -OCH3 is 1. The number of allylic oxidation sites excluding steroid dienone is 1. The third-order valence-corrected chi connectivity index (χ3v) is 13.5. The summed E-state index contributed by atoms with van der Waals surface area (Å²) in [7, 11) is 1.69. The minimum absolute atomic E-state index is 0.0926. The molecule has 0 N–H and O–H groups in total. The summed E-state index contributed by atoms with van der Waals surface area (Å²) in [5.74, 6) is 0. The van der Waals surface area contributed by atoms with Crippen molar-refractivity contribution < 1.29 is 9.53 Å². The fourth-order valence-corrected chi connectivity index (χ4v) is 10.9. The van der Waals surface area contributed by atoms with Crippen molar-refractivity contribution in [2.75, 3.05) is 7.11 Å². The second kappa shape index (κ2) is 5.59. The van der Waals surface area contributed by atoms with Gasteiger partial charge in [0.1, 0.15) is 0 Å². The van der Waals surface area contributed by atoms with Gasteiger partial charge < -0.3 is 0 Å². The molecule has 88 valence electrons.